The highest BCUT2D eigenvalue weighted by atomic mass is 16.5. The lowest BCUT2D eigenvalue weighted by Gasteiger charge is -2.14. The van der Waals surface area contributed by atoms with E-state index in [1.54, 1.807) is 13.8 Å². The van der Waals surface area contributed by atoms with Gasteiger partial charge in [0, 0.05) is 6.61 Å². The molecule has 0 bridgehead atoms. The monoisotopic (exact) mass is 116 g/mol. The Morgan fingerprint density at radius 1 is 1.62 bits per heavy atom. The zero-order valence-corrected chi connectivity index (χ0v) is 5.35. The van der Waals surface area contributed by atoms with Crippen molar-refractivity contribution in [3.8, 4) is 0 Å². The Balaban J connectivity index is 3.11. The van der Waals surface area contributed by atoms with Gasteiger partial charge in [0.25, 0.3) is 0 Å². The summed E-state index contributed by atoms with van der Waals surface area (Å²) in [6.07, 6.45) is 0.573. The molecule has 8 heavy (non-hydrogen) atoms. The molecule has 48 valence electrons. The van der Waals surface area contributed by atoms with E-state index in [1.165, 1.54) is 0 Å². The molecule has 0 saturated heterocycles. The summed E-state index contributed by atoms with van der Waals surface area (Å²) in [5.41, 5.74) is -0.653. The molecule has 0 atom stereocenters. The third-order valence-electron chi connectivity index (χ3n) is 0.832. The van der Waals surface area contributed by atoms with Gasteiger partial charge in [-0.3, -0.25) is 0 Å². The minimum Gasteiger partial charge on any atom is -0.390 e. The van der Waals surface area contributed by atoms with Crippen LogP contribution in [0.15, 0.2) is 0 Å². The third-order valence-corrected chi connectivity index (χ3v) is 0.832. The fourth-order valence-corrected chi connectivity index (χ4v) is 0.309. The van der Waals surface area contributed by atoms with Crippen molar-refractivity contribution >= 4 is 0 Å². The molecule has 0 aromatic carbocycles. The maximum atomic E-state index is 9.01. The number of hydrogen-bond acceptors (Lipinski definition) is 2. The summed E-state index contributed by atoms with van der Waals surface area (Å²) < 4.78 is 4.26. The molecule has 0 aliphatic heterocycles. The molecule has 0 aromatic rings. The van der Waals surface area contributed by atoms with Gasteiger partial charge in [-0.1, -0.05) is 0 Å². The predicted octanol–water partition coefficient (Wildman–Crippen LogP) is 0.833. The fourth-order valence-electron chi connectivity index (χ4n) is 0.309. The Morgan fingerprint density at radius 3 is 2.25 bits per heavy atom. The first-order valence-corrected chi connectivity index (χ1v) is 2.60. The molecule has 0 aromatic heterocycles. The van der Waals surface area contributed by atoms with Crippen LogP contribution in [-0.2, 0) is 4.74 Å². The Bertz CT molecular complexity index is 54.0. The van der Waals surface area contributed by atoms with Crippen molar-refractivity contribution in [1.82, 2.24) is 0 Å². The van der Waals surface area contributed by atoms with Crippen LogP contribution in [0.1, 0.15) is 20.3 Å². The van der Waals surface area contributed by atoms with Crippen molar-refractivity contribution in [2.24, 2.45) is 0 Å². The Kier molecular flexibility index (Phi) is 3.02. The molecule has 0 heterocycles. The maximum Gasteiger partial charge on any atom is 0.115 e. The van der Waals surface area contributed by atoms with Crippen LogP contribution in [0.4, 0.5) is 0 Å². The minimum atomic E-state index is -0.653. The van der Waals surface area contributed by atoms with E-state index in [9.17, 15) is 0 Å². The number of aliphatic hydroxyl groups is 1. The van der Waals surface area contributed by atoms with E-state index in [0.717, 1.165) is 0 Å². The third kappa shape index (κ3) is 5.92. The normalized spacial score (nSPS) is 12.0. The van der Waals surface area contributed by atoms with Gasteiger partial charge >= 0.3 is 0 Å². The maximum absolute atomic E-state index is 9.01. The number of ether oxygens (including phenoxy) is 1. The van der Waals surface area contributed by atoms with Crippen molar-refractivity contribution in [1.29, 1.82) is 0 Å². The first-order valence-electron chi connectivity index (χ1n) is 2.60. The highest BCUT2D eigenvalue weighted by Crippen LogP contribution is 2.05. The van der Waals surface area contributed by atoms with Gasteiger partial charge in [-0.15, -0.1) is 0 Å². The molecule has 2 radical (unpaired) electrons. The Morgan fingerprint density at radius 2 is 2.12 bits per heavy atom. The zero-order chi connectivity index (χ0) is 6.62. The molecular weight excluding hydrogens is 104 g/mol. The zero-order valence-electron chi connectivity index (χ0n) is 5.35. The quantitative estimate of drug-likeness (QED) is 0.592. The van der Waals surface area contributed by atoms with E-state index in [-0.39, 0.29) is 0 Å². The second kappa shape index (κ2) is 3.05. The van der Waals surface area contributed by atoms with Gasteiger partial charge < -0.3 is 9.84 Å². The van der Waals surface area contributed by atoms with Gasteiger partial charge in [-0.2, -0.15) is 0 Å². The first kappa shape index (κ1) is 7.92. The van der Waals surface area contributed by atoms with Crippen molar-refractivity contribution in [3.05, 3.63) is 7.11 Å². The molecule has 0 fully saturated rings. The lowest BCUT2D eigenvalue weighted by molar-refractivity contribution is 0.0471. The van der Waals surface area contributed by atoms with Crippen LogP contribution in [0, 0.1) is 7.11 Å². The topological polar surface area (TPSA) is 29.5 Å². The van der Waals surface area contributed by atoms with Crippen molar-refractivity contribution in [3.63, 3.8) is 0 Å². The summed E-state index contributed by atoms with van der Waals surface area (Å²) in [4.78, 5) is 0. The first-order chi connectivity index (χ1) is 3.56. The summed E-state index contributed by atoms with van der Waals surface area (Å²) in [5.74, 6) is 0. The van der Waals surface area contributed by atoms with Crippen LogP contribution in [0.2, 0.25) is 0 Å². The largest absolute Gasteiger partial charge is 0.390 e. The molecule has 0 saturated carbocycles. The van der Waals surface area contributed by atoms with E-state index in [4.69, 9.17) is 12.2 Å². The number of hydrogen-bond donors (Lipinski definition) is 1. The van der Waals surface area contributed by atoms with Gasteiger partial charge in [-0.25, -0.2) is 0 Å². The van der Waals surface area contributed by atoms with Crippen LogP contribution in [0.25, 0.3) is 0 Å². The van der Waals surface area contributed by atoms with Gasteiger partial charge in [0.2, 0.25) is 0 Å². The SMILES string of the molecule is [CH]OCCC(C)(C)O. The van der Waals surface area contributed by atoms with E-state index < -0.39 is 5.60 Å². The van der Waals surface area contributed by atoms with Gasteiger partial charge in [0.1, 0.15) is 7.11 Å². The highest BCUT2D eigenvalue weighted by Gasteiger charge is 2.10. The van der Waals surface area contributed by atoms with E-state index in [1.807, 2.05) is 0 Å². The molecule has 0 unspecified atom stereocenters. The smallest absolute Gasteiger partial charge is 0.115 e. The standard InChI is InChI=1S/C6H12O2/c1-6(2,7)4-5-8-3/h3,7H,4-5H2,1-2H3. The van der Waals surface area contributed by atoms with Gasteiger partial charge in [0.05, 0.1) is 5.60 Å². The van der Waals surface area contributed by atoms with Crippen LogP contribution in [0.5, 0.6) is 0 Å². The van der Waals surface area contributed by atoms with Gasteiger partial charge in [0.15, 0.2) is 0 Å². The van der Waals surface area contributed by atoms with E-state index >= 15 is 0 Å². The molecule has 0 rings (SSSR count). The predicted molar refractivity (Wildman–Crippen MR) is 31.2 cm³/mol. The number of rotatable bonds is 3. The summed E-state index contributed by atoms with van der Waals surface area (Å²) in [6.45, 7) is 3.83. The van der Waals surface area contributed by atoms with Crippen LogP contribution in [-0.4, -0.2) is 17.3 Å². The second-order valence-corrected chi connectivity index (χ2v) is 2.43. The fraction of sp³-hybridized carbons (Fsp3) is 0.833. The lowest BCUT2D eigenvalue weighted by atomic mass is 10.1. The van der Waals surface area contributed by atoms with Crippen molar-refractivity contribution in [2.75, 3.05) is 6.61 Å². The van der Waals surface area contributed by atoms with Crippen LogP contribution < -0.4 is 0 Å². The highest BCUT2D eigenvalue weighted by molar-refractivity contribution is 4.63. The molecule has 0 amide bonds. The second-order valence-electron chi connectivity index (χ2n) is 2.43. The minimum absolute atomic E-state index is 0.406. The average Bonchev–Trinajstić information content (AvgIpc) is 1.59. The molecule has 2 heteroatoms. The molecule has 1 N–H and O–H groups in total. The van der Waals surface area contributed by atoms with Crippen LogP contribution >= 0.6 is 0 Å². The summed E-state index contributed by atoms with van der Waals surface area (Å²) in [5, 5.41) is 9.01. The average molecular weight is 116 g/mol. The van der Waals surface area contributed by atoms with Crippen LogP contribution in [0.3, 0.4) is 0 Å². The van der Waals surface area contributed by atoms with Crippen molar-refractivity contribution < 1.29 is 9.84 Å². The van der Waals surface area contributed by atoms with Gasteiger partial charge in [-0.05, 0) is 20.3 Å². The molecule has 0 aliphatic rings. The van der Waals surface area contributed by atoms with E-state index in [0.29, 0.717) is 13.0 Å². The summed E-state index contributed by atoms with van der Waals surface area (Å²) in [7, 11) is 4.72. The molecule has 2 nitrogen and oxygen atoms in total. The van der Waals surface area contributed by atoms with E-state index in [2.05, 4.69) is 4.74 Å². The Hall–Kier alpha value is -0.0800. The summed E-state index contributed by atoms with van der Waals surface area (Å²) >= 11 is 0. The molecular formula is C6H12O2. The summed E-state index contributed by atoms with van der Waals surface area (Å²) in [6, 6.07) is 0. The Labute approximate surface area is 50.5 Å². The van der Waals surface area contributed by atoms with Crippen molar-refractivity contribution in [2.45, 2.75) is 25.9 Å². The lowest BCUT2D eigenvalue weighted by Crippen LogP contribution is -2.20. The molecule has 0 spiro atoms. The molecule has 0 aliphatic carbocycles.